The van der Waals surface area contributed by atoms with E-state index in [0.29, 0.717) is 41.8 Å². The molecule has 4 heterocycles. The van der Waals surface area contributed by atoms with Crippen molar-refractivity contribution >= 4 is 5.91 Å². The highest BCUT2D eigenvalue weighted by Gasteiger charge is 2.63. The number of carbonyl (C=O) groups excluding carboxylic acids is 1. The Morgan fingerprint density at radius 2 is 1.74 bits per heavy atom. The van der Waals surface area contributed by atoms with Crippen LogP contribution in [-0.2, 0) is 15.1 Å². The quantitative estimate of drug-likeness (QED) is 0.803. The Morgan fingerprint density at radius 3 is 2.37 bits per heavy atom. The molecular formula is C21H28N4O2. The van der Waals surface area contributed by atoms with E-state index in [2.05, 4.69) is 19.7 Å². The second-order valence-corrected chi connectivity index (χ2v) is 10.6. The number of ether oxygens (including phenoxy) is 1. The SMILES string of the molecule is O=C(N1C[C@@H]2[C@H](C1)[C@H]1CC[C@@H]2O1)C12C[C@H]3C[C@@H](C1)CC(n1cncn1)(C3)C2. The van der Waals surface area contributed by atoms with Crippen molar-refractivity contribution in [1.82, 2.24) is 19.7 Å². The van der Waals surface area contributed by atoms with Gasteiger partial charge in [0.1, 0.15) is 12.7 Å². The molecule has 4 saturated carbocycles. The molecule has 4 aliphatic carbocycles. The fraction of sp³-hybridized carbons (Fsp3) is 0.857. The van der Waals surface area contributed by atoms with Gasteiger partial charge in [0.05, 0.1) is 23.2 Å². The molecule has 0 radical (unpaired) electrons. The van der Waals surface area contributed by atoms with Crippen LogP contribution in [0.15, 0.2) is 12.7 Å². The maximum Gasteiger partial charge on any atom is 0.228 e. The summed E-state index contributed by atoms with van der Waals surface area (Å²) in [5.41, 5.74) is -0.109. The Labute approximate surface area is 159 Å². The molecule has 0 aromatic carbocycles. The number of aromatic nitrogens is 3. The Bertz CT molecular complexity index is 760. The Hall–Kier alpha value is -1.43. The largest absolute Gasteiger partial charge is 0.374 e. The van der Waals surface area contributed by atoms with Crippen LogP contribution < -0.4 is 0 Å². The first-order valence-electron chi connectivity index (χ1n) is 10.9. The average Bonchev–Trinajstić information content (AvgIpc) is 3.42. The minimum atomic E-state index is -0.144. The van der Waals surface area contributed by atoms with Crippen LogP contribution >= 0.6 is 0 Å². The van der Waals surface area contributed by atoms with Crippen LogP contribution in [0.1, 0.15) is 51.4 Å². The van der Waals surface area contributed by atoms with E-state index in [1.165, 1.54) is 32.1 Å². The van der Waals surface area contributed by atoms with Crippen LogP contribution in [0, 0.1) is 29.1 Å². The third-order valence-electron chi connectivity index (χ3n) is 9.13. The molecular weight excluding hydrogens is 340 g/mol. The maximum absolute atomic E-state index is 13.9. The minimum absolute atomic E-state index is 0.0357. The van der Waals surface area contributed by atoms with Crippen molar-refractivity contribution in [2.24, 2.45) is 29.1 Å². The zero-order chi connectivity index (χ0) is 17.8. The molecule has 1 aromatic rings. The number of amides is 1. The minimum Gasteiger partial charge on any atom is -0.374 e. The highest BCUT2D eigenvalue weighted by atomic mass is 16.5. The molecule has 6 nitrogen and oxygen atoms in total. The lowest BCUT2D eigenvalue weighted by Gasteiger charge is -2.61. The topological polar surface area (TPSA) is 60.2 Å². The molecule has 7 fully saturated rings. The molecule has 1 aromatic heterocycles. The van der Waals surface area contributed by atoms with Crippen LogP contribution in [0.4, 0.5) is 0 Å². The molecule has 3 saturated heterocycles. The molecule has 3 aliphatic heterocycles. The molecule has 0 spiro atoms. The lowest BCUT2D eigenvalue weighted by Crippen LogP contribution is -2.61. The van der Waals surface area contributed by atoms with Crippen LogP contribution in [0.5, 0.6) is 0 Å². The summed E-state index contributed by atoms with van der Waals surface area (Å²) in [4.78, 5) is 20.4. The lowest BCUT2D eigenvalue weighted by atomic mass is 9.46. The van der Waals surface area contributed by atoms with Crippen molar-refractivity contribution in [2.45, 2.75) is 69.1 Å². The summed E-state index contributed by atoms with van der Waals surface area (Å²) < 4.78 is 8.24. The van der Waals surface area contributed by atoms with Gasteiger partial charge in [-0.1, -0.05) is 0 Å². The Morgan fingerprint density at radius 1 is 1.04 bits per heavy atom. The van der Waals surface area contributed by atoms with Gasteiger partial charge < -0.3 is 9.64 Å². The Kier molecular flexibility index (Phi) is 2.83. The van der Waals surface area contributed by atoms with Gasteiger partial charge in [0.2, 0.25) is 5.91 Å². The number of hydrogen-bond acceptors (Lipinski definition) is 4. The van der Waals surface area contributed by atoms with E-state index in [-0.39, 0.29) is 11.0 Å². The number of hydrogen-bond donors (Lipinski definition) is 0. The summed E-state index contributed by atoms with van der Waals surface area (Å²) in [6, 6.07) is 0. The predicted octanol–water partition coefficient (Wildman–Crippen LogP) is 2.21. The van der Waals surface area contributed by atoms with Gasteiger partial charge in [-0.15, -0.1) is 0 Å². The zero-order valence-electron chi connectivity index (χ0n) is 15.8. The third-order valence-corrected chi connectivity index (χ3v) is 9.13. The standard InChI is InChI=1S/C21H28N4O2/c26-19(24-8-15-16(9-24)18-2-1-17(15)27-18)20-4-13-3-14(5-20)7-21(6-13,10-20)25-12-22-11-23-25/h11-18H,1-10H2/t13-,14+,15-,16+,17+,18-,20?,21?. The first-order chi connectivity index (χ1) is 13.1. The Balaban J connectivity index is 1.21. The predicted molar refractivity (Wildman–Crippen MR) is 96.6 cm³/mol. The van der Waals surface area contributed by atoms with Crippen molar-refractivity contribution in [3.63, 3.8) is 0 Å². The van der Waals surface area contributed by atoms with Gasteiger partial charge >= 0.3 is 0 Å². The summed E-state index contributed by atoms with van der Waals surface area (Å²) in [5.74, 6) is 3.04. The van der Waals surface area contributed by atoms with Gasteiger partial charge in [-0.25, -0.2) is 9.67 Å². The van der Waals surface area contributed by atoms with Crippen LogP contribution in [-0.4, -0.2) is 50.9 Å². The fourth-order valence-corrected chi connectivity index (χ4v) is 8.65. The summed E-state index contributed by atoms with van der Waals surface area (Å²) in [7, 11) is 0. The molecule has 0 N–H and O–H groups in total. The van der Waals surface area contributed by atoms with Crippen molar-refractivity contribution in [1.29, 1.82) is 0 Å². The lowest BCUT2D eigenvalue weighted by molar-refractivity contribution is -0.166. The molecule has 2 unspecified atom stereocenters. The van der Waals surface area contributed by atoms with Crippen LogP contribution in [0.3, 0.4) is 0 Å². The molecule has 8 rings (SSSR count). The van der Waals surface area contributed by atoms with Gasteiger partial charge in [0.15, 0.2) is 0 Å². The summed E-state index contributed by atoms with van der Waals surface area (Å²) >= 11 is 0. The van der Waals surface area contributed by atoms with Gasteiger partial charge in [-0.2, -0.15) is 5.10 Å². The summed E-state index contributed by atoms with van der Waals surface area (Å²) in [6.45, 7) is 1.89. The maximum atomic E-state index is 13.9. The number of nitrogens with zero attached hydrogens (tertiary/aromatic N) is 4. The van der Waals surface area contributed by atoms with Gasteiger partial charge in [0.25, 0.3) is 0 Å². The first-order valence-corrected chi connectivity index (χ1v) is 10.9. The number of rotatable bonds is 2. The smallest absolute Gasteiger partial charge is 0.228 e. The summed E-state index contributed by atoms with van der Waals surface area (Å²) in [6.07, 6.45) is 13.7. The van der Waals surface area contributed by atoms with E-state index < -0.39 is 0 Å². The molecule has 7 aliphatic rings. The van der Waals surface area contributed by atoms with E-state index >= 15 is 0 Å². The van der Waals surface area contributed by atoms with Crippen molar-refractivity contribution in [3.05, 3.63) is 12.7 Å². The number of carbonyl (C=O) groups is 1. The molecule has 27 heavy (non-hydrogen) atoms. The highest BCUT2D eigenvalue weighted by Crippen LogP contribution is 2.65. The zero-order valence-corrected chi connectivity index (χ0v) is 15.8. The normalized spacial score (nSPS) is 51.9. The van der Waals surface area contributed by atoms with E-state index in [4.69, 9.17) is 4.74 Å². The molecule has 144 valence electrons. The average molecular weight is 368 g/mol. The van der Waals surface area contributed by atoms with Gasteiger partial charge in [-0.05, 0) is 63.2 Å². The molecule has 6 bridgehead atoms. The van der Waals surface area contributed by atoms with Crippen LogP contribution in [0.2, 0.25) is 0 Å². The number of fused-ring (bicyclic) bond motifs is 5. The highest BCUT2D eigenvalue weighted by molar-refractivity contribution is 5.84. The van der Waals surface area contributed by atoms with E-state index in [1.54, 1.807) is 6.33 Å². The molecule has 1 amide bonds. The van der Waals surface area contributed by atoms with Crippen molar-refractivity contribution in [3.8, 4) is 0 Å². The molecule has 6 heteroatoms. The second-order valence-electron chi connectivity index (χ2n) is 10.6. The monoisotopic (exact) mass is 368 g/mol. The van der Waals surface area contributed by atoms with Gasteiger partial charge in [-0.3, -0.25) is 4.79 Å². The van der Waals surface area contributed by atoms with E-state index in [1.807, 2.05) is 6.33 Å². The van der Waals surface area contributed by atoms with Gasteiger partial charge in [0, 0.05) is 24.9 Å². The fourth-order valence-electron chi connectivity index (χ4n) is 8.65. The second kappa shape index (κ2) is 4.94. The molecule has 8 atom stereocenters. The van der Waals surface area contributed by atoms with E-state index in [9.17, 15) is 4.79 Å². The number of likely N-dealkylation sites (tertiary alicyclic amines) is 1. The summed E-state index contributed by atoms with van der Waals surface area (Å²) in [5, 5.41) is 4.53. The van der Waals surface area contributed by atoms with Crippen molar-refractivity contribution < 1.29 is 9.53 Å². The first kappa shape index (κ1) is 15.5. The third kappa shape index (κ3) is 1.93. The van der Waals surface area contributed by atoms with E-state index in [0.717, 1.165) is 32.4 Å². The van der Waals surface area contributed by atoms with Crippen molar-refractivity contribution in [2.75, 3.05) is 13.1 Å². The van der Waals surface area contributed by atoms with Crippen LogP contribution in [0.25, 0.3) is 0 Å².